The molecule has 0 N–H and O–H groups in total. The van der Waals surface area contributed by atoms with Gasteiger partial charge in [0.05, 0.1) is 0 Å². The van der Waals surface area contributed by atoms with Crippen molar-refractivity contribution in [2.75, 3.05) is 0 Å². The van der Waals surface area contributed by atoms with Crippen LogP contribution in [0.5, 0.6) is 0 Å². The Morgan fingerprint density at radius 2 is 0.571 bits per heavy atom. The van der Waals surface area contributed by atoms with Crippen molar-refractivity contribution in [3.05, 3.63) is 120 Å². The lowest BCUT2D eigenvalue weighted by Gasteiger charge is -2.14. The van der Waals surface area contributed by atoms with Gasteiger partial charge in [0, 0.05) is 0 Å². The molecule has 0 spiro atoms. The summed E-state index contributed by atoms with van der Waals surface area (Å²) in [4.78, 5) is 0. The van der Waals surface area contributed by atoms with E-state index in [0.29, 0.717) is 0 Å². The Morgan fingerprint density at radius 1 is 0.262 bits per heavy atom. The minimum absolute atomic E-state index is 1.19. The van der Waals surface area contributed by atoms with Crippen molar-refractivity contribution in [1.82, 2.24) is 0 Å². The zero-order valence-electron chi connectivity index (χ0n) is 24.5. The van der Waals surface area contributed by atoms with Gasteiger partial charge in [-0.15, -0.1) is 0 Å². The molecule has 0 bridgehead atoms. The molecule has 8 aromatic carbocycles. The van der Waals surface area contributed by atoms with Crippen LogP contribution in [0.1, 0.15) is 62.5 Å². The van der Waals surface area contributed by atoms with Crippen LogP contribution in [0.15, 0.2) is 109 Å². The van der Waals surface area contributed by atoms with Gasteiger partial charge in [-0.05, 0) is 101 Å². The van der Waals surface area contributed by atoms with Crippen molar-refractivity contribution < 1.29 is 0 Å². The van der Waals surface area contributed by atoms with Crippen LogP contribution in [0, 0.1) is 0 Å². The largest absolute Gasteiger partial charge is 0.0610 e. The van der Waals surface area contributed by atoms with Crippen LogP contribution in [-0.4, -0.2) is 0 Å². The van der Waals surface area contributed by atoms with E-state index in [2.05, 4.69) is 109 Å². The van der Waals surface area contributed by atoms with Crippen molar-refractivity contribution in [3.63, 3.8) is 0 Å². The SMILES string of the molecule is c1cc2ccc3ccc(CCCCCCCCCCc4ccc5ccc6cccc7ccc4c5c67)c4ccc(c1)c2c34. The Morgan fingerprint density at radius 3 is 0.976 bits per heavy atom. The highest BCUT2D eigenvalue weighted by atomic mass is 14.2. The number of unbranched alkanes of at least 4 members (excludes halogenated alkanes) is 7. The molecule has 0 aromatic heterocycles. The molecule has 0 saturated carbocycles. The third-order valence-corrected chi connectivity index (χ3v) is 9.88. The van der Waals surface area contributed by atoms with Crippen LogP contribution in [-0.2, 0) is 12.8 Å². The Labute approximate surface area is 248 Å². The lowest BCUT2D eigenvalue weighted by molar-refractivity contribution is 0.568. The first-order chi connectivity index (χ1) is 20.8. The summed E-state index contributed by atoms with van der Waals surface area (Å²) in [5.41, 5.74) is 3.04. The normalized spacial score (nSPS) is 12.3. The molecule has 0 radical (unpaired) electrons. The molecule has 0 aliphatic rings. The van der Waals surface area contributed by atoms with E-state index in [1.807, 2.05) is 0 Å². The molecule has 206 valence electrons. The summed E-state index contributed by atoms with van der Waals surface area (Å²) in [5, 5.41) is 16.9. The van der Waals surface area contributed by atoms with E-state index in [9.17, 15) is 0 Å². The molecule has 0 amide bonds. The zero-order chi connectivity index (χ0) is 27.9. The first-order valence-corrected chi connectivity index (χ1v) is 16.2. The summed E-state index contributed by atoms with van der Waals surface area (Å²) in [6.45, 7) is 0. The van der Waals surface area contributed by atoms with Gasteiger partial charge in [-0.1, -0.05) is 148 Å². The number of hydrogen-bond acceptors (Lipinski definition) is 0. The van der Waals surface area contributed by atoms with Crippen molar-refractivity contribution in [2.24, 2.45) is 0 Å². The topological polar surface area (TPSA) is 0 Å². The van der Waals surface area contributed by atoms with Crippen molar-refractivity contribution >= 4 is 64.6 Å². The summed E-state index contributed by atoms with van der Waals surface area (Å²) in [6, 6.07) is 41.3. The Balaban J connectivity index is 0.816. The van der Waals surface area contributed by atoms with Crippen LogP contribution < -0.4 is 0 Å². The lowest BCUT2D eigenvalue weighted by atomic mass is 9.90. The van der Waals surface area contributed by atoms with Crippen LogP contribution in [0.25, 0.3) is 64.6 Å². The monoisotopic (exact) mass is 542 g/mol. The van der Waals surface area contributed by atoms with Gasteiger partial charge in [0.1, 0.15) is 0 Å². The second kappa shape index (κ2) is 10.9. The fourth-order valence-corrected chi connectivity index (χ4v) is 7.72. The molecule has 0 fully saturated rings. The van der Waals surface area contributed by atoms with Crippen molar-refractivity contribution in [3.8, 4) is 0 Å². The van der Waals surface area contributed by atoms with Gasteiger partial charge in [0.15, 0.2) is 0 Å². The quantitative estimate of drug-likeness (QED) is 0.113. The first-order valence-electron chi connectivity index (χ1n) is 16.2. The van der Waals surface area contributed by atoms with E-state index in [0.717, 1.165) is 0 Å². The second-order valence-electron chi connectivity index (χ2n) is 12.5. The van der Waals surface area contributed by atoms with E-state index in [1.165, 1.54) is 140 Å². The molecule has 8 rings (SSSR count). The molecule has 0 heterocycles. The fraction of sp³-hybridized carbons (Fsp3) is 0.238. The van der Waals surface area contributed by atoms with E-state index in [-0.39, 0.29) is 0 Å². The molecule has 0 nitrogen and oxygen atoms in total. The molecule has 0 aliphatic carbocycles. The predicted octanol–water partition coefficient (Wildman–Crippen LogP) is 12.4. The molecule has 0 atom stereocenters. The molecule has 0 heteroatoms. The van der Waals surface area contributed by atoms with E-state index in [4.69, 9.17) is 0 Å². The van der Waals surface area contributed by atoms with Gasteiger partial charge in [-0.2, -0.15) is 0 Å². The van der Waals surface area contributed by atoms with Gasteiger partial charge in [0.25, 0.3) is 0 Å². The molecule has 0 saturated heterocycles. The number of benzene rings is 8. The average molecular weight is 543 g/mol. The Hall–Kier alpha value is -4.16. The second-order valence-corrected chi connectivity index (χ2v) is 12.5. The summed E-state index contributed by atoms with van der Waals surface area (Å²) in [7, 11) is 0. The molecule has 8 aromatic rings. The third kappa shape index (κ3) is 4.45. The molecular weight excluding hydrogens is 504 g/mol. The Bertz CT molecular complexity index is 1960. The lowest BCUT2D eigenvalue weighted by Crippen LogP contribution is -1.92. The van der Waals surface area contributed by atoms with Crippen LogP contribution in [0.3, 0.4) is 0 Å². The van der Waals surface area contributed by atoms with Gasteiger partial charge in [-0.3, -0.25) is 0 Å². The molecule has 0 unspecified atom stereocenters. The van der Waals surface area contributed by atoms with Crippen LogP contribution in [0.4, 0.5) is 0 Å². The fourth-order valence-electron chi connectivity index (χ4n) is 7.72. The van der Waals surface area contributed by atoms with Crippen molar-refractivity contribution in [2.45, 2.75) is 64.2 Å². The highest BCUT2D eigenvalue weighted by Crippen LogP contribution is 2.37. The summed E-state index contributed by atoms with van der Waals surface area (Å²) >= 11 is 0. The Kier molecular flexibility index (Phi) is 6.64. The molecule has 0 aliphatic heterocycles. The molecule has 42 heavy (non-hydrogen) atoms. The van der Waals surface area contributed by atoms with Crippen molar-refractivity contribution in [1.29, 1.82) is 0 Å². The molecular formula is C42H38. The predicted molar refractivity (Wildman–Crippen MR) is 185 cm³/mol. The first kappa shape index (κ1) is 25.5. The van der Waals surface area contributed by atoms with Crippen LogP contribution in [0.2, 0.25) is 0 Å². The average Bonchev–Trinajstić information content (AvgIpc) is 3.04. The zero-order valence-corrected chi connectivity index (χ0v) is 24.5. The maximum absolute atomic E-state index is 2.38. The standard InChI is InChI=1S/C42H38/c1(3-5-7-11-29-17-19-35-23-21-31-13-9-15-33-25-27-37(29)41(35)39(31)33)2-4-6-8-12-30-18-20-36-24-22-32-14-10-16-34-26-28-38(30)42(36)40(32)34/h9-10,13-28H,1-8,11-12H2. The maximum Gasteiger partial charge on any atom is -0.00240 e. The van der Waals surface area contributed by atoms with Gasteiger partial charge >= 0.3 is 0 Å². The smallest absolute Gasteiger partial charge is 0.00240 e. The van der Waals surface area contributed by atoms with Crippen LogP contribution >= 0.6 is 0 Å². The van der Waals surface area contributed by atoms with Gasteiger partial charge < -0.3 is 0 Å². The number of aryl methyl sites for hydroxylation is 2. The maximum atomic E-state index is 2.38. The number of rotatable bonds is 11. The van der Waals surface area contributed by atoms with Gasteiger partial charge in [-0.25, -0.2) is 0 Å². The summed E-state index contributed by atoms with van der Waals surface area (Å²) < 4.78 is 0. The minimum atomic E-state index is 1.19. The highest BCUT2D eigenvalue weighted by Gasteiger charge is 2.12. The van der Waals surface area contributed by atoms with E-state index in [1.54, 1.807) is 0 Å². The summed E-state index contributed by atoms with van der Waals surface area (Å²) in [6.07, 6.45) is 13.1. The number of hydrogen-bond donors (Lipinski definition) is 0. The third-order valence-electron chi connectivity index (χ3n) is 9.88. The van der Waals surface area contributed by atoms with E-state index >= 15 is 0 Å². The van der Waals surface area contributed by atoms with E-state index < -0.39 is 0 Å². The summed E-state index contributed by atoms with van der Waals surface area (Å²) in [5.74, 6) is 0. The van der Waals surface area contributed by atoms with Gasteiger partial charge in [0.2, 0.25) is 0 Å². The highest BCUT2D eigenvalue weighted by molar-refractivity contribution is 6.24. The minimum Gasteiger partial charge on any atom is -0.0610 e.